The van der Waals surface area contributed by atoms with Gasteiger partial charge in [0.25, 0.3) is 0 Å². The van der Waals surface area contributed by atoms with Gasteiger partial charge in [-0.25, -0.2) is 0 Å². The Kier molecular flexibility index (Phi) is 6.69. The van der Waals surface area contributed by atoms with Crippen molar-refractivity contribution in [2.24, 2.45) is 11.8 Å². The van der Waals surface area contributed by atoms with Gasteiger partial charge < -0.3 is 4.90 Å². The van der Waals surface area contributed by atoms with Gasteiger partial charge in [-0.15, -0.1) is 0 Å². The number of rotatable bonds is 7. The molecule has 0 aromatic carbocycles. The summed E-state index contributed by atoms with van der Waals surface area (Å²) in [5.74, 6) is 1.36. The van der Waals surface area contributed by atoms with Crippen LogP contribution in [0.3, 0.4) is 0 Å². The first-order valence-electron chi connectivity index (χ1n) is 5.94. The lowest BCUT2D eigenvalue weighted by Crippen LogP contribution is -2.26. The topological polar surface area (TPSA) is 3.24 Å². The molecule has 0 aliphatic carbocycles. The molecule has 0 aliphatic heterocycles. The van der Waals surface area contributed by atoms with E-state index in [1.165, 1.54) is 25.0 Å². The fraction of sp³-hybridized carbons (Fsp3) is 0.846. The van der Waals surface area contributed by atoms with E-state index in [-0.39, 0.29) is 0 Å². The highest BCUT2D eigenvalue weighted by Crippen LogP contribution is 2.24. The predicted octanol–water partition coefficient (Wildman–Crippen LogP) is 3.91. The average Bonchev–Trinajstić information content (AvgIpc) is 2.14. The highest BCUT2D eigenvalue weighted by molar-refractivity contribution is 4.99. The number of unbranched alkanes of at least 4 members (excludes halogenated alkanes) is 1. The molecule has 0 aromatic rings. The third-order valence-electron chi connectivity index (χ3n) is 3.01. The molecule has 84 valence electrons. The summed E-state index contributed by atoms with van der Waals surface area (Å²) in [6, 6.07) is 0. The minimum absolute atomic E-state index is 0.650. The first kappa shape index (κ1) is 13.5. The first-order chi connectivity index (χ1) is 6.54. The van der Waals surface area contributed by atoms with E-state index < -0.39 is 0 Å². The summed E-state index contributed by atoms with van der Waals surface area (Å²) in [5, 5.41) is 0. The van der Waals surface area contributed by atoms with Crippen LogP contribution in [-0.2, 0) is 0 Å². The van der Waals surface area contributed by atoms with Crippen molar-refractivity contribution in [2.45, 2.75) is 47.0 Å². The summed E-state index contributed by atoms with van der Waals surface area (Å²) >= 11 is 0. The monoisotopic (exact) mass is 197 g/mol. The van der Waals surface area contributed by atoms with Gasteiger partial charge in [-0.2, -0.15) is 0 Å². The molecular weight excluding hydrogens is 170 g/mol. The van der Waals surface area contributed by atoms with Gasteiger partial charge in [-0.3, -0.25) is 0 Å². The van der Waals surface area contributed by atoms with Gasteiger partial charge in [0.15, 0.2) is 0 Å². The molecule has 0 heterocycles. The highest BCUT2D eigenvalue weighted by Gasteiger charge is 2.17. The molecule has 0 fully saturated rings. The lowest BCUT2D eigenvalue weighted by atomic mass is 9.90. The molecule has 0 aromatic heterocycles. The standard InChI is InChI=1S/C13H27N/c1-7-9-10-14(6)12(5)13(8-2)11(3)4/h11,13H,5,7-10H2,1-4,6H3. The molecule has 0 radical (unpaired) electrons. The Hall–Kier alpha value is -0.460. The third-order valence-corrected chi connectivity index (χ3v) is 3.01. The van der Waals surface area contributed by atoms with Crippen LogP contribution in [0.5, 0.6) is 0 Å². The predicted molar refractivity (Wildman–Crippen MR) is 65.3 cm³/mol. The average molecular weight is 197 g/mol. The first-order valence-corrected chi connectivity index (χ1v) is 5.94. The SMILES string of the molecule is C=C(C(CC)C(C)C)N(C)CCCC. The Bertz CT molecular complexity index is 161. The molecule has 14 heavy (non-hydrogen) atoms. The van der Waals surface area contributed by atoms with Gasteiger partial charge in [-0.05, 0) is 18.8 Å². The molecule has 0 rings (SSSR count). The maximum Gasteiger partial charge on any atom is 0.0171 e. The molecule has 0 spiro atoms. The molecule has 0 aliphatic rings. The second kappa shape index (κ2) is 6.92. The quantitative estimate of drug-likeness (QED) is 0.598. The summed E-state index contributed by atoms with van der Waals surface area (Å²) in [6.45, 7) is 14.4. The smallest absolute Gasteiger partial charge is 0.0171 e. The van der Waals surface area contributed by atoms with Gasteiger partial charge in [0.2, 0.25) is 0 Å². The van der Waals surface area contributed by atoms with Crippen LogP contribution in [0.4, 0.5) is 0 Å². The van der Waals surface area contributed by atoms with Crippen LogP contribution in [0.15, 0.2) is 12.3 Å². The van der Waals surface area contributed by atoms with E-state index in [2.05, 4.69) is 46.2 Å². The Morgan fingerprint density at radius 2 is 1.86 bits per heavy atom. The largest absolute Gasteiger partial charge is 0.378 e. The van der Waals surface area contributed by atoms with Gasteiger partial charge in [0.05, 0.1) is 0 Å². The molecule has 0 saturated carbocycles. The molecular formula is C13H27N. The van der Waals surface area contributed by atoms with E-state index >= 15 is 0 Å². The van der Waals surface area contributed by atoms with Crippen molar-refractivity contribution in [1.29, 1.82) is 0 Å². The van der Waals surface area contributed by atoms with Crippen LogP contribution in [0, 0.1) is 11.8 Å². The van der Waals surface area contributed by atoms with Crippen LogP contribution in [0.2, 0.25) is 0 Å². The molecule has 1 atom stereocenters. The molecule has 1 heteroatoms. The van der Waals surface area contributed by atoms with Gasteiger partial charge in [0, 0.05) is 25.2 Å². The summed E-state index contributed by atoms with van der Waals surface area (Å²) in [5.41, 5.74) is 1.32. The van der Waals surface area contributed by atoms with E-state index in [0.29, 0.717) is 11.8 Å². The van der Waals surface area contributed by atoms with Crippen LogP contribution in [-0.4, -0.2) is 18.5 Å². The Balaban J connectivity index is 4.13. The van der Waals surface area contributed by atoms with E-state index in [1.807, 2.05) is 0 Å². The summed E-state index contributed by atoms with van der Waals surface area (Å²) in [6.07, 6.45) is 3.73. The van der Waals surface area contributed by atoms with Gasteiger partial charge in [-0.1, -0.05) is 40.7 Å². The van der Waals surface area contributed by atoms with E-state index in [1.54, 1.807) is 0 Å². The van der Waals surface area contributed by atoms with Crippen LogP contribution in [0.25, 0.3) is 0 Å². The minimum Gasteiger partial charge on any atom is -0.378 e. The van der Waals surface area contributed by atoms with Crippen molar-refractivity contribution in [3.8, 4) is 0 Å². The zero-order valence-electron chi connectivity index (χ0n) is 10.6. The molecule has 0 amide bonds. The van der Waals surface area contributed by atoms with Crippen molar-refractivity contribution in [1.82, 2.24) is 4.90 Å². The van der Waals surface area contributed by atoms with Gasteiger partial charge >= 0.3 is 0 Å². The van der Waals surface area contributed by atoms with Crippen LogP contribution >= 0.6 is 0 Å². The number of allylic oxidation sites excluding steroid dienone is 1. The lowest BCUT2D eigenvalue weighted by Gasteiger charge is -2.30. The molecule has 1 unspecified atom stereocenters. The molecule has 1 nitrogen and oxygen atoms in total. The summed E-state index contributed by atoms with van der Waals surface area (Å²) in [4.78, 5) is 2.33. The molecule has 0 saturated heterocycles. The van der Waals surface area contributed by atoms with Crippen molar-refractivity contribution in [3.63, 3.8) is 0 Å². The number of hydrogen-bond acceptors (Lipinski definition) is 1. The highest BCUT2D eigenvalue weighted by atomic mass is 15.1. The normalized spacial score (nSPS) is 13.0. The Morgan fingerprint density at radius 1 is 1.29 bits per heavy atom. The van der Waals surface area contributed by atoms with Crippen molar-refractivity contribution < 1.29 is 0 Å². The Labute approximate surface area is 90.2 Å². The van der Waals surface area contributed by atoms with E-state index in [4.69, 9.17) is 0 Å². The maximum atomic E-state index is 4.23. The second-order valence-electron chi connectivity index (χ2n) is 4.53. The number of nitrogens with zero attached hydrogens (tertiary/aromatic N) is 1. The van der Waals surface area contributed by atoms with E-state index in [0.717, 1.165) is 6.54 Å². The van der Waals surface area contributed by atoms with Gasteiger partial charge in [0.1, 0.15) is 0 Å². The number of hydrogen-bond donors (Lipinski definition) is 0. The lowest BCUT2D eigenvalue weighted by molar-refractivity contribution is 0.303. The fourth-order valence-electron chi connectivity index (χ4n) is 1.91. The van der Waals surface area contributed by atoms with Crippen molar-refractivity contribution in [2.75, 3.05) is 13.6 Å². The zero-order valence-corrected chi connectivity index (χ0v) is 10.6. The van der Waals surface area contributed by atoms with Crippen molar-refractivity contribution >= 4 is 0 Å². The minimum atomic E-state index is 0.650. The third kappa shape index (κ3) is 4.17. The Morgan fingerprint density at radius 3 is 2.21 bits per heavy atom. The fourth-order valence-corrected chi connectivity index (χ4v) is 1.91. The summed E-state index contributed by atoms with van der Waals surface area (Å²) in [7, 11) is 2.17. The molecule has 0 bridgehead atoms. The van der Waals surface area contributed by atoms with E-state index in [9.17, 15) is 0 Å². The van der Waals surface area contributed by atoms with Crippen molar-refractivity contribution in [3.05, 3.63) is 12.3 Å². The van der Waals surface area contributed by atoms with Crippen LogP contribution < -0.4 is 0 Å². The second-order valence-corrected chi connectivity index (χ2v) is 4.53. The maximum absolute atomic E-state index is 4.23. The summed E-state index contributed by atoms with van der Waals surface area (Å²) < 4.78 is 0. The van der Waals surface area contributed by atoms with Crippen LogP contribution in [0.1, 0.15) is 47.0 Å². The molecule has 0 N–H and O–H groups in total. The zero-order chi connectivity index (χ0) is 11.1.